The number of carbonyl (C=O) groups excluding carboxylic acids is 4. The molecule has 0 aromatic rings. The first-order chi connectivity index (χ1) is 27.8. The molecule has 2 saturated heterocycles. The van der Waals surface area contributed by atoms with E-state index >= 15 is 0 Å². The van der Waals surface area contributed by atoms with Crippen LogP contribution >= 0.6 is 0 Å². The fraction of sp³-hybridized carbons (Fsp3) is 0.922. The molecule has 8 unspecified atom stereocenters. The Morgan fingerprint density at radius 3 is 1.55 bits per heavy atom. The predicted molar refractivity (Wildman–Crippen MR) is 231 cm³/mol. The number of likely N-dealkylation sites (tertiary alicyclic amines) is 2. The van der Waals surface area contributed by atoms with Crippen LogP contribution in [0.5, 0.6) is 0 Å². The van der Waals surface area contributed by atoms with Gasteiger partial charge < -0.3 is 4.74 Å². The normalized spacial score (nSPS) is 38.9. The molecular formula is C51H84N2O5. The Morgan fingerprint density at radius 1 is 0.500 bits per heavy atom. The van der Waals surface area contributed by atoms with Gasteiger partial charge in [0.1, 0.15) is 0 Å². The molecule has 0 aromatic carbocycles. The molecule has 2 heterocycles. The van der Waals surface area contributed by atoms with E-state index in [0.29, 0.717) is 35.4 Å². The molecule has 6 saturated carbocycles. The first-order valence-electron chi connectivity index (χ1n) is 25.2. The molecule has 328 valence electrons. The van der Waals surface area contributed by atoms with Crippen LogP contribution in [0.2, 0.25) is 0 Å². The number of imide groups is 2. The maximum Gasteiger partial charge on any atom is 0.233 e. The van der Waals surface area contributed by atoms with Crippen molar-refractivity contribution in [2.75, 3.05) is 0 Å². The molecule has 0 bridgehead atoms. The summed E-state index contributed by atoms with van der Waals surface area (Å²) in [7, 11) is 0. The van der Waals surface area contributed by atoms with E-state index in [1.807, 2.05) is 6.92 Å². The predicted octanol–water partition coefficient (Wildman–Crippen LogP) is 11.7. The smallest absolute Gasteiger partial charge is 0.233 e. The Morgan fingerprint density at radius 2 is 1.00 bits per heavy atom. The SMILES string of the molecule is CCC(C)(CC)C1CCC(OC2CCCC(C3CCC3)C2)CC1.CCC(C)(CC)N1C(=O)C2CCC(C3CCC4C(=O)N(C5CCC(C)CC5)C(=O)C4C3)CC2C1=O. The van der Waals surface area contributed by atoms with Gasteiger partial charge in [-0.25, -0.2) is 0 Å². The first-order valence-corrected chi connectivity index (χ1v) is 25.2. The van der Waals surface area contributed by atoms with Gasteiger partial charge in [0.15, 0.2) is 0 Å². The number of rotatable bonds is 11. The van der Waals surface area contributed by atoms with Crippen molar-refractivity contribution >= 4 is 23.6 Å². The van der Waals surface area contributed by atoms with Crippen LogP contribution in [0.15, 0.2) is 0 Å². The van der Waals surface area contributed by atoms with Crippen LogP contribution in [0, 0.1) is 64.6 Å². The molecular weight excluding hydrogens is 721 g/mol. The molecule has 8 fully saturated rings. The third-order valence-electron chi connectivity index (χ3n) is 19.2. The average Bonchev–Trinajstić information content (AvgIpc) is 3.63. The highest BCUT2D eigenvalue weighted by Crippen LogP contribution is 2.52. The zero-order valence-electron chi connectivity index (χ0n) is 38.1. The monoisotopic (exact) mass is 805 g/mol. The highest BCUT2D eigenvalue weighted by atomic mass is 16.5. The lowest BCUT2D eigenvalue weighted by atomic mass is 9.64. The van der Waals surface area contributed by atoms with Crippen LogP contribution in [0.1, 0.15) is 209 Å². The summed E-state index contributed by atoms with van der Waals surface area (Å²) in [5, 5.41) is 0. The quantitative estimate of drug-likeness (QED) is 0.194. The van der Waals surface area contributed by atoms with Crippen molar-refractivity contribution < 1.29 is 23.9 Å². The van der Waals surface area contributed by atoms with Crippen molar-refractivity contribution in [1.29, 1.82) is 0 Å². The van der Waals surface area contributed by atoms with Crippen molar-refractivity contribution in [1.82, 2.24) is 9.80 Å². The fourth-order valence-electron chi connectivity index (χ4n) is 13.9. The van der Waals surface area contributed by atoms with Gasteiger partial charge >= 0.3 is 0 Å². The standard InChI is InChI=1S/C29H44N2O4.C22H40O/c1-5-29(4,6-2)31-27(34)22-14-10-19(16-24(22)28(31)35)18-9-13-21-23(15-18)26(33)30(25(21)32)20-11-7-17(3)8-12-20;1-4-22(3,5-2)19-12-14-20(15-13-19)23-21-11-7-10-18(16-21)17-8-6-9-17/h17-24H,5-16H2,1-4H3;17-21H,4-16H2,1-3H3. The molecule has 7 heteroatoms. The largest absolute Gasteiger partial charge is 0.375 e. The summed E-state index contributed by atoms with van der Waals surface area (Å²) < 4.78 is 6.61. The van der Waals surface area contributed by atoms with Crippen molar-refractivity contribution in [3.8, 4) is 0 Å². The van der Waals surface area contributed by atoms with Crippen molar-refractivity contribution in [3.63, 3.8) is 0 Å². The van der Waals surface area contributed by atoms with Crippen molar-refractivity contribution in [2.45, 2.75) is 233 Å². The first kappa shape index (κ1) is 44.3. The summed E-state index contributed by atoms with van der Waals surface area (Å²) in [5.74, 6) is 4.03. The minimum atomic E-state index is -0.393. The maximum atomic E-state index is 13.5. The van der Waals surface area contributed by atoms with E-state index in [-0.39, 0.29) is 53.3 Å². The van der Waals surface area contributed by atoms with Gasteiger partial charge in [-0.05, 0) is 170 Å². The molecule has 7 nitrogen and oxygen atoms in total. The minimum absolute atomic E-state index is 0.0365. The van der Waals surface area contributed by atoms with Gasteiger partial charge in [0, 0.05) is 11.6 Å². The molecule has 6 aliphatic carbocycles. The fourth-order valence-corrected chi connectivity index (χ4v) is 13.9. The summed E-state index contributed by atoms with van der Waals surface area (Å²) in [5.41, 5.74) is 0.182. The molecule has 0 radical (unpaired) electrons. The van der Waals surface area contributed by atoms with Crippen molar-refractivity contribution in [3.05, 3.63) is 0 Å². The lowest BCUT2D eigenvalue weighted by Crippen LogP contribution is -2.49. The second-order valence-corrected chi connectivity index (χ2v) is 22.0. The van der Waals surface area contributed by atoms with E-state index in [1.54, 1.807) is 9.80 Å². The van der Waals surface area contributed by atoms with E-state index in [1.165, 1.54) is 83.5 Å². The number of fused-ring (bicyclic) bond motifs is 2. The average molecular weight is 805 g/mol. The van der Waals surface area contributed by atoms with Crippen molar-refractivity contribution in [2.24, 2.45) is 64.6 Å². The Hall–Kier alpha value is -1.76. The summed E-state index contributed by atoms with van der Waals surface area (Å²) in [6, 6.07) is 0.102. The summed E-state index contributed by atoms with van der Waals surface area (Å²) in [6.45, 7) is 15.7. The number of amides is 4. The highest BCUT2D eigenvalue weighted by Gasteiger charge is 2.57. The molecule has 2 aliphatic heterocycles. The number of carbonyl (C=O) groups is 4. The number of ether oxygens (including phenoxy) is 1. The number of hydrogen-bond donors (Lipinski definition) is 0. The Balaban J connectivity index is 0.000000193. The summed E-state index contributed by atoms with van der Waals surface area (Å²) >= 11 is 0. The van der Waals surface area contributed by atoms with Gasteiger partial charge in [-0.2, -0.15) is 0 Å². The maximum absolute atomic E-state index is 13.5. The Bertz CT molecular complexity index is 1430. The molecule has 8 rings (SSSR count). The molecule has 8 aliphatic rings. The second kappa shape index (κ2) is 18.7. The van der Waals surface area contributed by atoms with Crippen LogP contribution in [0.4, 0.5) is 0 Å². The second-order valence-electron chi connectivity index (χ2n) is 22.0. The van der Waals surface area contributed by atoms with Gasteiger partial charge in [-0.15, -0.1) is 0 Å². The third kappa shape index (κ3) is 8.79. The van der Waals surface area contributed by atoms with E-state index in [2.05, 4.69) is 41.5 Å². The van der Waals surface area contributed by atoms with E-state index in [0.717, 1.165) is 94.8 Å². The molecule has 4 amide bonds. The Labute approximate surface area is 353 Å². The highest BCUT2D eigenvalue weighted by molar-refractivity contribution is 6.06. The van der Waals surface area contributed by atoms with Gasteiger partial charge in [-0.3, -0.25) is 29.0 Å². The molecule has 0 aromatic heterocycles. The van der Waals surface area contributed by atoms with Gasteiger partial charge in [0.25, 0.3) is 0 Å². The number of hydrogen-bond acceptors (Lipinski definition) is 5. The van der Waals surface area contributed by atoms with Gasteiger partial charge in [0.05, 0.1) is 35.9 Å². The summed E-state index contributed by atoms with van der Waals surface area (Å²) in [6.07, 6.45) is 30.2. The van der Waals surface area contributed by atoms with E-state index < -0.39 is 5.54 Å². The van der Waals surface area contributed by atoms with E-state index in [4.69, 9.17) is 4.74 Å². The van der Waals surface area contributed by atoms with Crippen LogP contribution in [0.25, 0.3) is 0 Å². The Kier molecular flexibility index (Phi) is 14.3. The van der Waals surface area contributed by atoms with Gasteiger partial charge in [0.2, 0.25) is 23.6 Å². The summed E-state index contributed by atoms with van der Waals surface area (Å²) in [4.78, 5) is 56.7. The zero-order valence-corrected chi connectivity index (χ0v) is 38.1. The van der Waals surface area contributed by atoms with Gasteiger partial charge in [-0.1, -0.05) is 80.1 Å². The molecule has 58 heavy (non-hydrogen) atoms. The van der Waals surface area contributed by atoms with Crippen LogP contribution in [0.3, 0.4) is 0 Å². The van der Waals surface area contributed by atoms with E-state index in [9.17, 15) is 19.2 Å². The van der Waals surface area contributed by atoms with Crippen LogP contribution in [-0.4, -0.2) is 57.2 Å². The zero-order chi connectivity index (χ0) is 41.4. The van der Waals surface area contributed by atoms with Crippen LogP contribution < -0.4 is 0 Å². The lowest BCUT2D eigenvalue weighted by molar-refractivity contribution is -0.147. The molecule has 8 atom stereocenters. The minimum Gasteiger partial charge on any atom is -0.375 e. The molecule has 0 spiro atoms. The molecule has 0 N–H and O–H groups in total. The lowest BCUT2D eigenvalue weighted by Gasteiger charge is -2.43. The number of nitrogens with zero attached hydrogens (tertiary/aromatic N) is 2. The van der Waals surface area contributed by atoms with Crippen LogP contribution in [-0.2, 0) is 23.9 Å². The third-order valence-corrected chi connectivity index (χ3v) is 19.2. The topological polar surface area (TPSA) is 84.0 Å².